The minimum atomic E-state index is -0.108. The van der Waals surface area contributed by atoms with Gasteiger partial charge in [0.25, 0.3) is 0 Å². The van der Waals surface area contributed by atoms with Crippen LogP contribution in [-0.4, -0.2) is 26.1 Å². The molecule has 1 atom stereocenters. The van der Waals surface area contributed by atoms with Crippen LogP contribution in [0.5, 0.6) is 5.75 Å². The SMILES string of the molecule is COc1ccc2cccc(C(CN=[N+]=[N-])CNC(C)=O)c2c1. The molecule has 2 aromatic rings. The van der Waals surface area contributed by atoms with Gasteiger partial charge in [-0.3, -0.25) is 4.79 Å². The van der Waals surface area contributed by atoms with E-state index in [1.807, 2.05) is 36.4 Å². The number of hydrogen-bond donors (Lipinski definition) is 1. The standard InChI is InChI=1S/C16H18N4O2/c1-11(21)18-9-13(10-19-20-17)15-5-3-4-12-6-7-14(22-2)8-16(12)15/h3-8,13H,9-10H2,1-2H3,(H,18,21). The van der Waals surface area contributed by atoms with E-state index in [-0.39, 0.29) is 18.4 Å². The number of azide groups is 1. The van der Waals surface area contributed by atoms with Crippen LogP contribution in [0, 0.1) is 0 Å². The van der Waals surface area contributed by atoms with Gasteiger partial charge in [0.15, 0.2) is 0 Å². The van der Waals surface area contributed by atoms with Gasteiger partial charge < -0.3 is 10.1 Å². The first-order valence-corrected chi connectivity index (χ1v) is 6.97. The number of amides is 1. The van der Waals surface area contributed by atoms with Crippen LogP contribution in [0.1, 0.15) is 18.4 Å². The van der Waals surface area contributed by atoms with Gasteiger partial charge >= 0.3 is 0 Å². The summed E-state index contributed by atoms with van der Waals surface area (Å²) in [7, 11) is 1.62. The summed E-state index contributed by atoms with van der Waals surface area (Å²) in [4.78, 5) is 14.0. The number of nitrogens with one attached hydrogen (secondary N) is 1. The van der Waals surface area contributed by atoms with Crippen molar-refractivity contribution in [2.75, 3.05) is 20.2 Å². The van der Waals surface area contributed by atoms with E-state index in [0.717, 1.165) is 22.1 Å². The monoisotopic (exact) mass is 298 g/mol. The van der Waals surface area contributed by atoms with Crippen LogP contribution in [0.25, 0.3) is 21.2 Å². The van der Waals surface area contributed by atoms with Crippen LogP contribution in [0.15, 0.2) is 41.5 Å². The lowest BCUT2D eigenvalue weighted by Gasteiger charge is -2.18. The fraction of sp³-hybridized carbons (Fsp3) is 0.312. The number of methoxy groups -OCH3 is 1. The highest BCUT2D eigenvalue weighted by Crippen LogP contribution is 2.29. The summed E-state index contributed by atoms with van der Waals surface area (Å²) < 4.78 is 5.28. The van der Waals surface area contributed by atoms with E-state index in [4.69, 9.17) is 10.3 Å². The molecule has 114 valence electrons. The van der Waals surface area contributed by atoms with E-state index in [9.17, 15) is 4.79 Å². The molecule has 0 fully saturated rings. The Balaban J connectivity index is 2.46. The van der Waals surface area contributed by atoms with Crippen molar-refractivity contribution in [1.29, 1.82) is 0 Å². The van der Waals surface area contributed by atoms with Gasteiger partial charge in [-0.25, -0.2) is 0 Å². The van der Waals surface area contributed by atoms with Gasteiger partial charge in [0.1, 0.15) is 5.75 Å². The van der Waals surface area contributed by atoms with E-state index in [2.05, 4.69) is 15.3 Å². The number of carbonyl (C=O) groups is 1. The van der Waals surface area contributed by atoms with Crippen molar-refractivity contribution in [2.45, 2.75) is 12.8 Å². The first-order valence-electron chi connectivity index (χ1n) is 6.97. The molecule has 0 radical (unpaired) electrons. The first-order chi connectivity index (χ1) is 10.7. The summed E-state index contributed by atoms with van der Waals surface area (Å²) in [5.41, 5.74) is 9.61. The molecule has 1 N–H and O–H groups in total. The van der Waals surface area contributed by atoms with Crippen molar-refractivity contribution in [3.05, 3.63) is 52.4 Å². The second-order valence-electron chi connectivity index (χ2n) is 4.98. The minimum absolute atomic E-state index is 0.0874. The quantitative estimate of drug-likeness (QED) is 0.503. The molecular formula is C16H18N4O2. The van der Waals surface area contributed by atoms with E-state index >= 15 is 0 Å². The van der Waals surface area contributed by atoms with Gasteiger partial charge in [-0.05, 0) is 34.0 Å². The molecule has 0 aliphatic heterocycles. The molecule has 6 nitrogen and oxygen atoms in total. The van der Waals surface area contributed by atoms with Crippen molar-refractivity contribution in [3.8, 4) is 5.75 Å². The summed E-state index contributed by atoms with van der Waals surface area (Å²) in [5.74, 6) is 0.571. The highest BCUT2D eigenvalue weighted by molar-refractivity contribution is 5.87. The Bertz CT molecular complexity index is 723. The lowest BCUT2D eigenvalue weighted by molar-refractivity contribution is -0.119. The topological polar surface area (TPSA) is 87.1 Å². The predicted octanol–water partition coefficient (Wildman–Crippen LogP) is 3.38. The molecule has 22 heavy (non-hydrogen) atoms. The Morgan fingerprint density at radius 3 is 2.91 bits per heavy atom. The van der Waals surface area contributed by atoms with E-state index in [0.29, 0.717) is 6.54 Å². The zero-order chi connectivity index (χ0) is 15.9. The molecule has 2 aromatic carbocycles. The summed E-state index contributed by atoms with van der Waals surface area (Å²) in [6, 6.07) is 11.8. The highest BCUT2D eigenvalue weighted by atomic mass is 16.5. The lowest BCUT2D eigenvalue weighted by Crippen LogP contribution is -2.27. The molecule has 1 amide bonds. The third-order valence-corrected chi connectivity index (χ3v) is 3.53. The first kappa shape index (κ1) is 15.7. The van der Waals surface area contributed by atoms with Crippen LogP contribution < -0.4 is 10.1 Å². The number of ether oxygens (including phenoxy) is 1. The molecule has 0 bridgehead atoms. The van der Waals surface area contributed by atoms with Crippen LogP contribution in [0.4, 0.5) is 0 Å². The molecule has 2 rings (SSSR count). The summed E-state index contributed by atoms with van der Waals surface area (Å²) in [5, 5.41) is 8.58. The molecule has 0 aromatic heterocycles. The molecule has 0 saturated carbocycles. The minimum Gasteiger partial charge on any atom is -0.497 e. The largest absolute Gasteiger partial charge is 0.497 e. The van der Waals surface area contributed by atoms with Crippen molar-refractivity contribution in [1.82, 2.24) is 5.32 Å². The Morgan fingerprint density at radius 2 is 2.23 bits per heavy atom. The van der Waals surface area contributed by atoms with Gasteiger partial charge in [0.2, 0.25) is 5.91 Å². The van der Waals surface area contributed by atoms with E-state index < -0.39 is 0 Å². The Labute approximate surface area is 128 Å². The van der Waals surface area contributed by atoms with E-state index in [1.54, 1.807) is 7.11 Å². The van der Waals surface area contributed by atoms with Gasteiger partial charge in [0, 0.05) is 30.8 Å². The maximum atomic E-state index is 11.2. The van der Waals surface area contributed by atoms with Crippen LogP contribution in [0.3, 0.4) is 0 Å². The third-order valence-electron chi connectivity index (χ3n) is 3.53. The average molecular weight is 298 g/mol. The molecule has 0 saturated heterocycles. The number of benzene rings is 2. The summed E-state index contributed by atoms with van der Waals surface area (Å²) in [6.07, 6.45) is 0. The van der Waals surface area contributed by atoms with Crippen molar-refractivity contribution >= 4 is 16.7 Å². The molecule has 0 aliphatic rings. The predicted molar refractivity (Wildman–Crippen MR) is 85.9 cm³/mol. The maximum Gasteiger partial charge on any atom is 0.216 e. The fourth-order valence-electron chi connectivity index (χ4n) is 2.43. The summed E-state index contributed by atoms with van der Waals surface area (Å²) in [6.45, 7) is 2.18. The highest BCUT2D eigenvalue weighted by Gasteiger charge is 2.14. The van der Waals surface area contributed by atoms with Crippen molar-refractivity contribution < 1.29 is 9.53 Å². The Morgan fingerprint density at radius 1 is 1.41 bits per heavy atom. The Hall–Kier alpha value is -2.72. The number of carbonyl (C=O) groups excluding carboxylic acids is 1. The smallest absolute Gasteiger partial charge is 0.216 e. The molecule has 0 heterocycles. The maximum absolute atomic E-state index is 11.2. The average Bonchev–Trinajstić information content (AvgIpc) is 2.54. The number of hydrogen-bond acceptors (Lipinski definition) is 3. The zero-order valence-corrected chi connectivity index (χ0v) is 12.6. The number of rotatable bonds is 6. The van der Waals surface area contributed by atoms with Gasteiger partial charge in [-0.15, -0.1) is 0 Å². The fourth-order valence-corrected chi connectivity index (χ4v) is 2.43. The van der Waals surface area contributed by atoms with Crippen LogP contribution >= 0.6 is 0 Å². The van der Waals surface area contributed by atoms with Crippen molar-refractivity contribution in [2.24, 2.45) is 5.11 Å². The molecule has 1 unspecified atom stereocenters. The third kappa shape index (κ3) is 3.68. The second kappa shape index (κ2) is 7.33. The van der Waals surface area contributed by atoms with Gasteiger partial charge in [-0.1, -0.05) is 29.4 Å². The number of fused-ring (bicyclic) bond motifs is 1. The lowest BCUT2D eigenvalue weighted by atomic mass is 9.93. The van der Waals surface area contributed by atoms with Crippen LogP contribution in [-0.2, 0) is 4.79 Å². The summed E-state index contributed by atoms with van der Waals surface area (Å²) >= 11 is 0. The van der Waals surface area contributed by atoms with Gasteiger partial charge in [-0.2, -0.15) is 0 Å². The molecule has 6 heteroatoms. The second-order valence-corrected chi connectivity index (χ2v) is 4.98. The molecular weight excluding hydrogens is 280 g/mol. The zero-order valence-electron chi connectivity index (χ0n) is 12.6. The Kier molecular flexibility index (Phi) is 5.22. The molecule has 0 aliphatic carbocycles. The normalized spacial score (nSPS) is 11.5. The van der Waals surface area contributed by atoms with E-state index in [1.165, 1.54) is 6.92 Å². The number of nitrogens with zero attached hydrogens (tertiary/aromatic N) is 3. The molecule has 0 spiro atoms. The van der Waals surface area contributed by atoms with Gasteiger partial charge in [0.05, 0.1) is 7.11 Å². The van der Waals surface area contributed by atoms with Crippen molar-refractivity contribution in [3.63, 3.8) is 0 Å². The van der Waals surface area contributed by atoms with Crippen LogP contribution in [0.2, 0.25) is 0 Å².